The highest BCUT2D eigenvalue weighted by atomic mass is 35.5. The van der Waals surface area contributed by atoms with Crippen molar-refractivity contribution in [3.8, 4) is 0 Å². The van der Waals surface area contributed by atoms with E-state index in [-0.39, 0.29) is 11.9 Å². The first kappa shape index (κ1) is 15.3. The Morgan fingerprint density at radius 2 is 2.20 bits per heavy atom. The molecule has 2 rings (SSSR count). The maximum atomic E-state index is 13.3. The van der Waals surface area contributed by atoms with Crippen molar-refractivity contribution in [2.75, 3.05) is 12.3 Å². The fourth-order valence-corrected chi connectivity index (χ4v) is 3.18. The van der Waals surface area contributed by atoms with E-state index in [1.807, 2.05) is 31.2 Å². The maximum absolute atomic E-state index is 13.3. The van der Waals surface area contributed by atoms with E-state index in [9.17, 15) is 4.39 Å². The van der Waals surface area contributed by atoms with Crippen LogP contribution in [-0.4, -0.2) is 17.3 Å². The summed E-state index contributed by atoms with van der Waals surface area (Å²) in [5.74, 6) is 0.484. The SMILES string of the molecule is CCNC(CSc1cccc(Cl)c1)c1cncc(F)c1. The van der Waals surface area contributed by atoms with Crippen molar-refractivity contribution in [3.05, 3.63) is 59.1 Å². The van der Waals surface area contributed by atoms with Gasteiger partial charge in [-0.1, -0.05) is 24.6 Å². The summed E-state index contributed by atoms with van der Waals surface area (Å²) in [4.78, 5) is 5.01. The van der Waals surface area contributed by atoms with Crippen LogP contribution in [0.4, 0.5) is 4.39 Å². The van der Waals surface area contributed by atoms with Crippen LogP contribution in [0, 0.1) is 5.82 Å². The van der Waals surface area contributed by atoms with E-state index in [1.54, 1.807) is 18.0 Å². The monoisotopic (exact) mass is 310 g/mol. The lowest BCUT2D eigenvalue weighted by atomic mass is 10.1. The van der Waals surface area contributed by atoms with Gasteiger partial charge in [-0.25, -0.2) is 4.39 Å². The molecule has 2 nitrogen and oxygen atoms in total. The zero-order valence-electron chi connectivity index (χ0n) is 11.1. The molecular weight excluding hydrogens is 295 g/mol. The van der Waals surface area contributed by atoms with Crippen molar-refractivity contribution >= 4 is 23.4 Å². The van der Waals surface area contributed by atoms with Gasteiger partial charge in [-0.2, -0.15) is 0 Å². The topological polar surface area (TPSA) is 24.9 Å². The van der Waals surface area contributed by atoms with Crippen LogP contribution in [0.3, 0.4) is 0 Å². The third-order valence-electron chi connectivity index (χ3n) is 2.79. The van der Waals surface area contributed by atoms with E-state index in [2.05, 4.69) is 10.3 Å². The van der Waals surface area contributed by atoms with Gasteiger partial charge in [-0.15, -0.1) is 11.8 Å². The van der Waals surface area contributed by atoms with Gasteiger partial charge in [0.05, 0.1) is 6.20 Å². The molecule has 0 saturated carbocycles. The van der Waals surface area contributed by atoms with Crippen LogP contribution in [0.25, 0.3) is 0 Å². The Labute approximate surface area is 127 Å². The minimum atomic E-state index is -0.307. The molecule has 0 amide bonds. The van der Waals surface area contributed by atoms with Gasteiger partial charge in [-0.05, 0) is 36.4 Å². The molecular formula is C15H16ClFN2S. The molecule has 1 atom stereocenters. The van der Waals surface area contributed by atoms with E-state index < -0.39 is 0 Å². The second-order valence-corrected chi connectivity index (χ2v) is 5.84. The molecule has 1 unspecified atom stereocenters. The minimum absolute atomic E-state index is 0.0622. The molecule has 20 heavy (non-hydrogen) atoms. The molecule has 0 fully saturated rings. The Bertz CT molecular complexity index is 565. The van der Waals surface area contributed by atoms with Gasteiger partial charge < -0.3 is 5.32 Å². The molecule has 0 aliphatic heterocycles. The van der Waals surface area contributed by atoms with Gasteiger partial charge >= 0.3 is 0 Å². The predicted molar refractivity (Wildman–Crippen MR) is 82.8 cm³/mol. The highest BCUT2D eigenvalue weighted by Crippen LogP contribution is 2.26. The predicted octanol–water partition coefficient (Wildman–Crippen LogP) is 4.32. The number of halogens is 2. The smallest absolute Gasteiger partial charge is 0.141 e. The van der Waals surface area contributed by atoms with Crippen LogP contribution < -0.4 is 5.32 Å². The second kappa shape index (κ2) is 7.62. The van der Waals surface area contributed by atoms with E-state index in [4.69, 9.17) is 11.6 Å². The van der Waals surface area contributed by atoms with Gasteiger partial charge in [0.2, 0.25) is 0 Å². The first-order valence-electron chi connectivity index (χ1n) is 6.41. The molecule has 0 radical (unpaired) electrons. The molecule has 1 aromatic carbocycles. The summed E-state index contributed by atoms with van der Waals surface area (Å²) in [6.45, 7) is 2.85. The molecule has 0 spiro atoms. The Kier molecular flexibility index (Phi) is 5.83. The van der Waals surface area contributed by atoms with E-state index in [0.717, 1.165) is 27.8 Å². The number of nitrogens with zero attached hydrogens (tertiary/aromatic N) is 1. The lowest BCUT2D eigenvalue weighted by Crippen LogP contribution is -2.23. The molecule has 1 aromatic heterocycles. The van der Waals surface area contributed by atoms with Crippen LogP contribution in [0.5, 0.6) is 0 Å². The van der Waals surface area contributed by atoms with E-state index in [0.29, 0.717) is 0 Å². The first-order valence-corrected chi connectivity index (χ1v) is 7.77. The summed E-state index contributed by atoms with van der Waals surface area (Å²) < 4.78 is 13.3. The van der Waals surface area contributed by atoms with Crippen LogP contribution >= 0.6 is 23.4 Å². The van der Waals surface area contributed by atoms with Gasteiger partial charge in [0, 0.05) is 27.9 Å². The molecule has 0 aliphatic carbocycles. The van der Waals surface area contributed by atoms with Crippen LogP contribution in [0.15, 0.2) is 47.6 Å². The van der Waals surface area contributed by atoms with Crippen LogP contribution in [0.1, 0.15) is 18.5 Å². The third kappa shape index (κ3) is 4.47. The summed E-state index contributed by atoms with van der Waals surface area (Å²) in [5, 5.41) is 4.07. The molecule has 106 valence electrons. The average Bonchev–Trinajstić information content (AvgIpc) is 2.43. The molecule has 5 heteroatoms. The molecule has 1 N–H and O–H groups in total. The number of nitrogens with one attached hydrogen (secondary N) is 1. The van der Waals surface area contributed by atoms with Crippen LogP contribution in [0.2, 0.25) is 5.02 Å². The highest BCUT2D eigenvalue weighted by molar-refractivity contribution is 7.99. The molecule has 0 bridgehead atoms. The molecule has 0 aliphatic rings. The van der Waals surface area contributed by atoms with E-state index >= 15 is 0 Å². The quantitative estimate of drug-likeness (QED) is 0.804. The molecule has 0 saturated heterocycles. The van der Waals surface area contributed by atoms with Crippen molar-refractivity contribution < 1.29 is 4.39 Å². The third-order valence-corrected chi connectivity index (χ3v) is 4.11. The summed E-state index contributed by atoms with van der Waals surface area (Å²) in [6, 6.07) is 9.31. The number of hydrogen-bond acceptors (Lipinski definition) is 3. The van der Waals surface area contributed by atoms with Crippen LogP contribution in [-0.2, 0) is 0 Å². The lowest BCUT2D eigenvalue weighted by molar-refractivity contribution is 0.582. The van der Waals surface area contributed by atoms with Gasteiger partial charge in [0.15, 0.2) is 0 Å². The number of rotatable bonds is 6. The average molecular weight is 311 g/mol. The number of aromatic nitrogens is 1. The largest absolute Gasteiger partial charge is 0.309 e. The zero-order valence-corrected chi connectivity index (χ0v) is 12.7. The minimum Gasteiger partial charge on any atom is -0.309 e. The lowest BCUT2D eigenvalue weighted by Gasteiger charge is -2.17. The Morgan fingerprint density at radius 1 is 1.35 bits per heavy atom. The Hall–Kier alpha value is -1.10. The Morgan fingerprint density at radius 3 is 2.90 bits per heavy atom. The summed E-state index contributed by atoms with van der Waals surface area (Å²) in [5.41, 5.74) is 0.862. The maximum Gasteiger partial charge on any atom is 0.141 e. The summed E-state index contributed by atoms with van der Waals surface area (Å²) in [7, 11) is 0. The van der Waals surface area contributed by atoms with Crippen molar-refractivity contribution in [2.45, 2.75) is 17.9 Å². The zero-order chi connectivity index (χ0) is 14.4. The number of benzene rings is 1. The normalized spacial score (nSPS) is 12.3. The number of pyridine rings is 1. The van der Waals surface area contributed by atoms with Crippen molar-refractivity contribution in [1.29, 1.82) is 0 Å². The van der Waals surface area contributed by atoms with E-state index in [1.165, 1.54) is 12.3 Å². The standard InChI is InChI=1S/C15H16ClFN2S/c1-2-19-15(11-6-13(17)9-18-8-11)10-20-14-5-3-4-12(16)7-14/h3-9,15,19H,2,10H2,1H3. The van der Waals surface area contributed by atoms with Crippen molar-refractivity contribution in [3.63, 3.8) is 0 Å². The summed E-state index contributed by atoms with van der Waals surface area (Å²) >= 11 is 7.66. The van der Waals surface area contributed by atoms with Gasteiger partial charge in [0.1, 0.15) is 5.82 Å². The van der Waals surface area contributed by atoms with Crippen molar-refractivity contribution in [1.82, 2.24) is 10.3 Å². The number of hydrogen-bond donors (Lipinski definition) is 1. The molecule has 2 aromatic rings. The molecule has 1 heterocycles. The first-order chi connectivity index (χ1) is 9.69. The van der Waals surface area contributed by atoms with Gasteiger partial charge in [0.25, 0.3) is 0 Å². The van der Waals surface area contributed by atoms with Crippen molar-refractivity contribution in [2.24, 2.45) is 0 Å². The van der Waals surface area contributed by atoms with Gasteiger partial charge in [-0.3, -0.25) is 4.98 Å². The Balaban J connectivity index is 2.06. The summed E-state index contributed by atoms with van der Waals surface area (Å²) in [6.07, 6.45) is 2.92. The highest BCUT2D eigenvalue weighted by Gasteiger charge is 2.12. The fraction of sp³-hybridized carbons (Fsp3) is 0.267. The number of thioether (sulfide) groups is 1. The second-order valence-electron chi connectivity index (χ2n) is 4.32. The fourth-order valence-electron chi connectivity index (χ4n) is 1.87.